The van der Waals surface area contributed by atoms with Gasteiger partial charge < -0.3 is 18.9 Å². The van der Waals surface area contributed by atoms with E-state index in [1.54, 1.807) is 0 Å². The minimum absolute atomic E-state index is 0.0202. The first-order valence-corrected chi connectivity index (χ1v) is 25.2. The van der Waals surface area contributed by atoms with Crippen LogP contribution in [0.5, 0.6) is 0 Å². The molecule has 12 heteroatoms. The summed E-state index contributed by atoms with van der Waals surface area (Å²) in [7, 11) is 0. The number of aromatic nitrogens is 8. The molecule has 4 aliphatic rings. The Balaban J connectivity index is 0.963. The molecule has 352 valence electrons. The van der Waals surface area contributed by atoms with Crippen LogP contribution in [0.4, 0.5) is 0 Å². The first-order valence-electron chi connectivity index (χ1n) is 25.2. The summed E-state index contributed by atoms with van der Waals surface area (Å²) in [6, 6.07) is 36.4. The molecule has 0 aliphatic carbocycles. The first kappa shape index (κ1) is 43.8. The summed E-state index contributed by atoms with van der Waals surface area (Å²) in [5.74, 6) is 0. The summed E-state index contributed by atoms with van der Waals surface area (Å²) >= 11 is 0. The van der Waals surface area contributed by atoms with E-state index in [9.17, 15) is 0 Å². The zero-order valence-electron chi connectivity index (χ0n) is 39.2. The van der Waals surface area contributed by atoms with Crippen molar-refractivity contribution in [3.63, 3.8) is 0 Å². The third-order valence-corrected chi connectivity index (χ3v) is 14.8. The van der Waals surface area contributed by atoms with Crippen molar-refractivity contribution < 1.29 is 18.9 Å². The van der Waals surface area contributed by atoms with E-state index >= 15 is 0 Å². The van der Waals surface area contributed by atoms with E-state index in [0.29, 0.717) is 0 Å². The topological polar surface area (TPSA) is 108 Å². The second kappa shape index (κ2) is 19.5. The smallest absolute Gasteiger partial charge is 0.150 e. The van der Waals surface area contributed by atoms with Crippen molar-refractivity contribution in [1.82, 2.24) is 39.1 Å². The van der Waals surface area contributed by atoms with Gasteiger partial charge in [-0.3, -0.25) is 0 Å². The predicted octanol–water partition coefficient (Wildman–Crippen LogP) is 12.3. The number of ether oxygens (including phenoxy) is 4. The summed E-state index contributed by atoms with van der Waals surface area (Å²) in [5, 5.41) is 19.1. The van der Waals surface area contributed by atoms with Crippen LogP contribution in [0.1, 0.15) is 124 Å². The fourth-order valence-corrected chi connectivity index (χ4v) is 11.0. The molecule has 12 nitrogen and oxygen atoms in total. The Morgan fingerprint density at radius 1 is 0.304 bits per heavy atom. The minimum atomic E-state index is -0.728. The highest BCUT2D eigenvalue weighted by Crippen LogP contribution is 2.47. The molecule has 4 atom stereocenters. The summed E-state index contributed by atoms with van der Waals surface area (Å²) in [5.41, 5.74) is 12.5. The molecule has 0 radical (unpaired) electrons. The van der Waals surface area contributed by atoms with E-state index in [4.69, 9.17) is 39.3 Å². The first-order chi connectivity index (χ1) is 34.2. The van der Waals surface area contributed by atoms with E-state index < -0.39 is 5.41 Å². The van der Waals surface area contributed by atoms with Gasteiger partial charge in [-0.15, -0.1) is 0 Å². The highest BCUT2D eigenvalue weighted by atomic mass is 16.5. The lowest BCUT2D eigenvalue weighted by Crippen LogP contribution is -2.31. The van der Waals surface area contributed by atoms with Crippen LogP contribution in [0, 0.1) is 0 Å². The highest BCUT2D eigenvalue weighted by molar-refractivity contribution is 5.71. The van der Waals surface area contributed by atoms with Gasteiger partial charge in [-0.2, -0.15) is 20.4 Å². The molecule has 0 spiro atoms. The Bertz CT molecular complexity index is 2520. The van der Waals surface area contributed by atoms with Crippen LogP contribution >= 0.6 is 0 Å². The molecule has 4 unspecified atom stereocenters. The fraction of sp³-hybridized carbons (Fsp3) is 0.368. The largest absolute Gasteiger partial charge is 0.357 e. The second-order valence-electron chi connectivity index (χ2n) is 19.2. The van der Waals surface area contributed by atoms with E-state index in [0.717, 1.165) is 170 Å². The molecule has 0 N–H and O–H groups in total. The number of benzene rings is 4. The van der Waals surface area contributed by atoms with Gasteiger partial charge in [0.15, 0.2) is 0 Å². The maximum Gasteiger partial charge on any atom is 0.150 e. The lowest BCUT2D eigenvalue weighted by atomic mass is 9.64. The standard InChI is InChI=1S/C57H60N8O4/c1-5-29-66-53(9-1)62-37-45(33-58-62)41-13-21-49(22-14-41)57(50-23-15-42(16-24-50)46-34-59-63(38-46)54-10-2-6-30-67-54,51-25-17-43(18-26-51)47-35-60-64(39-47)55-11-3-7-31-68-55)52-27-19-44(20-28-52)48-36-61-65(40-48)56-12-4-8-32-69-56/h13-28,33-40,53-56H,1-12,29-32H2. The molecular weight excluding hydrogens is 861 g/mol. The summed E-state index contributed by atoms with van der Waals surface area (Å²) in [6.07, 6.45) is 29.2. The molecule has 4 aromatic carbocycles. The van der Waals surface area contributed by atoms with Gasteiger partial charge in [-0.05, 0) is 122 Å². The van der Waals surface area contributed by atoms with Crippen molar-refractivity contribution >= 4 is 0 Å². The van der Waals surface area contributed by atoms with Gasteiger partial charge in [0.05, 0.1) is 30.2 Å². The van der Waals surface area contributed by atoms with Crippen LogP contribution in [0.15, 0.2) is 147 Å². The van der Waals surface area contributed by atoms with Crippen molar-refractivity contribution in [3.8, 4) is 44.5 Å². The van der Waals surface area contributed by atoms with Crippen molar-refractivity contribution in [2.24, 2.45) is 0 Å². The Labute approximate surface area is 403 Å². The zero-order chi connectivity index (χ0) is 46.0. The normalized spacial score (nSPS) is 22.0. The fourth-order valence-electron chi connectivity index (χ4n) is 11.0. The van der Waals surface area contributed by atoms with Crippen LogP contribution in [0.2, 0.25) is 0 Å². The number of hydrogen-bond acceptors (Lipinski definition) is 8. The monoisotopic (exact) mass is 920 g/mol. The highest BCUT2D eigenvalue weighted by Gasteiger charge is 2.39. The molecule has 69 heavy (non-hydrogen) atoms. The number of nitrogens with zero attached hydrogens (tertiary/aromatic N) is 8. The average Bonchev–Trinajstić information content (AvgIpc) is 4.30. The Hall–Kier alpha value is -6.44. The molecule has 8 heterocycles. The molecule has 0 amide bonds. The number of hydrogen-bond donors (Lipinski definition) is 0. The van der Waals surface area contributed by atoms with E-state index in [-0.39, 0.29) is 24.9 Å². The molecule has 4 aliphatic heterocycles. The van der Waals surface area contributed by atoms with Gasteiger partial charge in [0.2, 0.25) is 0 Å². The average molecular weight is 921 g/mol. The zero-order valence-corrected chi connectivity index (χ0v) is 39.2. The summed E-state index contributed by atoms with van der Waals surface area (Å²) in [4.78, 5) is 0. The van der Waals surface area contributed by atoms with Crippen molar-refractivity contribution in [3.05, 3.63) is 169 Å². The van der Waals surface area contributed by atoms with E-state index in [1.807, 2.05) is 43.5 Å². The minimum Gasteiger partial charge on any atom is -0.357 e. The molecule has 4 fully saturated rings. The Morgan fingerprint density at radius 3 is 0.739 bits per heavy atom. The van der Waals surface area contributed by atoms with Crippen molar-refractivity contribution in [1.29, 1.82) is 0 Å². The number of rotatable bonds is 12. The quantitative estimate of drug-likeness (QED) is 0.112. The molecule has 4 aromatic heterocycles. The lowest BCUT2D eigenvalue weighted by molar-refractivity contribution is -0.0395. The SMILES string of the molecule is c1cc(C(c2ccc(-c3cnn(C4CCCCO4)c3)cc2)(c2ccc(-c3cnn(C4CCCCO4)c3)cc2)c2ccc(-c3cnn(C4CCCCO4)c3)cc2)ccc1-c1cnn(C2CCCCO2)c1. The van der Waals surface area contributed by atoms with Gasteiger partial charge in [-0.1, -0.05) is 97.1 Å². The predicted molar refractivity (Wildman–Crippen MR) is 265 cm³/mol. The van der Waals surface area contributed by atoms with Crippen LogP contribution in [0.25, 0.3) is 44.5 Å². The molecule has 0 saturated carbocycles. The second-order valence-corrected chi connectivity index (χ2v) is 19.2. The molecule has 8 aromatic rings. The van der Waals surface area contributed by atoms with Crippen molar-refractivity contribution in [2.75, 3.05) is 26.4 Å². The van der Waals surface area contributed by atoms with Gasteiger partial charge in [0, 0.05) is 73.5 Å². The van der Waals surface area contributed by atoms with Gasteiger partial charge in [0.1, 0.15) is 24.9 Å². The molecular formula is C57H60N8O4. The van der Waals surface area contributed by atoms with Crippen LogP contribution in [0.3, 0.4) is 0 Å². The van der Waals surface area contributed by atoms with E-state index in [1.165, 1.54) is 0 Å². The third kappa shape index (κ3) is 8.80. The molecule has 12 rings (SSSR count). The Morgan fingerprint density at radius 2 is 0.536 bits per heavy atom. The maximum absolute atomic E-state index is 6.09. The van der Waals surface area contributed by atoms with E-state index in [2.05, 4.69) is 122 Å². The van der Waals surface area contributed by atoms with Gasteiger partial charge >= 0.3 is 0 Å². The van der Waals surface area contributed by atoms with Gasteiger partial charge in [0.25, 0.3) is 0 Å². The third-order valence-electron chi connectivity index (χ3n) is 14.8. The maximum atomic E-state index is 6.09. The van der Waals surface area contributed by atoms with Crippen LogP contribution in [-0.4, -0.2) is 65.5 Å². The molecule has 0 bridgehead atoms. The lowest BCUT2D eigenvalue weighted by Gasteiger charge is -2.37. The van der Waals surface area contributed by atoms with Crippen LogP contribution in [-0.2, 0) is 24.4 Å². The molecule has 4 saturated heterocycles. The Kier molecular flexibility index (Phi) is 12.4. The van der Waals surface area contributed by atoms with Crippen molar-refractivity contribution in [2.45, 2.75) is 107 Å². The summed E-state index contributed by atoms with van der Waals surface area (Å²) < 4.78 is 32.3. The summed E-state index contributed by atoms with van der Waals surface area (Å²) in [6.45, 7) is 3.10. The van der Waals surface area contributed by atoms with Crippen LogP contribution < -0.4 is 0 Å². The van der Waals surface area contributed by atoms with Gasteiger partial charge in [-0.25, -0.2) is 18.7 Å².